The molecular formula is C17H18Cl3N. The van der Waals surface area contributed by atoms with Gasteiger partial charge in [0.1, 0.15) is 0 Å². The number of hydrogen-bond donors (Lipinski definition) is 1. The first-order valence-electron chi connectivity index (χ1n) is 7.00. The van der Waals surface area contributed by atoms with Crippen LogP contribution >= 0.6 is 34.8 Å². The molecule has 0 heterocycles. The number of benzene rings is 2. The van der Waals surface area contributed by atoms with Gasteiger partial charge in [-0.05, 0) is 60.8 Å². The van der Waals surface area contributed by atoms with Crippen molar-refractivity contribution in [2.75, 3.05) is 6.54 Å². The Balaban J connectivity index is 2.30. The molecule has 2 rings (SSSR count). The van der Waals surface area contributed by atoms with E-state index in [2.05, 4.69) is 25.2 Å². The van der Waals surface area contributed by atoms with Crippen molar-refractivity contribution >= 4 is 34.8 Å². The third-order valence-electron chi connectivity index (χ3n) is 3.36. The highest BCUT2D eigenvalue weighted by Crippen LogP contribution is 2.32. The van der Waals surface area contributed by atoms with E-state index >= 15 is 0 Å². The number of halogens is 3. The molecule has 0 aliphatic carbocycles. The lowest BCUT2D eigenvalue weighted by Gasteiger charge is -2.16. The van der Waals surface area contributed by atoms with Gasteiger partial charge in [-0.15, -0.1) is 0 Å². The second-order valence-electron chi connectivity index (χ2n) is 5.07. The molecule has 21 heavy (non-hydrogen) atoms. The highest BCUT2D eigenvalue weighted by molar-refractivity contribution is 6.35. The van der Waals surface area contributed by atoms with Crippen LogP contribution in [0.2, 0.25) is 15.1 Å². The molecule has 0 saturated carbocycles. The van der Waals surface area contributed by atoms with Gasteiger partial charge < -0.3 is 5.32 Å². The maximum atomic E-state index is 6.43. The lowest BCUT2D eigenvalue weighted by atomic mass is 10.0. The first-order chi connectivity index (χ1) is 10.0. The Morgan fingerprint density at radius 3 is 2.19 bits per heavy atom. The summed E-state index contributed by atoms with van der Waals surface area (Å²) in [6.07, 6.45) is 1.10. The zero-order valence-corrected chi connectivity index (χ0v) is 14.4. The van der Waals surface area contributed by atoms with Crippen molar-refractivity contribution in [3.8, 4) is 11.1 Å². The van der Waals surface area contributed by atoms with Crippen LogP contribution in [0.5, 0.6) is 0 Å². The van der Waals surface area contributed by atoms with Crippen LogP contribution in [0.25, 0.3) is 11.1 Å². The second kappa shape index (κ2) is 7.51. The Morgan fingerprint density at radius 2 is 1.62 bits per heavy atom. The molecule has 0 aromatic heterocycles. The van der Waals surface area contributed by atoms with E-state index in [1.165, 1.54) is 0 Å². The highest BCUT2D eigenvalue weighted by Gasteiger charge is 2.10. The molecule has 0 fully saturated rings. The molecule has 1 atom stereocenters. The summed E-state index contributed by atoms with van der Waals surface area (Å²) in [5.41, 5.74) is 3.08. The molecular weight excluding hydrogens is 325 g/mol. The van der Waals surface area contributed by atoms with Crippen molar-refractivity contribution in [3.63, 3.8) is 0 Å². The fourth-order valence-electron chi connectivity index (χ4n) is 2.25. The number of hydrogen-bond acceptors (Lipinski definition) is 1. The van der Waals surface area contributed by atoms with Gasteiger partial charge in [-0.2, -0.15) is 0 Å². The maximum Gasteiger partial charge on any atom is 0.0459 e. The predicted molar refractivity (Wildman–Crippen MR) is 93.6 cm³/mol. The van der Waals surface area contributed by atoms with Gasteiger partial charge in [0.05, 0.1) is 0 Å². The third kappa shape index (κ3) is 4.37. The average molecular weight is 343 g/mol. The minimum Gasteiger partial charge on any atom is -0.310 e. The van der Waals surface area contributed by atoms with Crippen molar-refractivity contribution in [1.82, 2.24) is 5.32 Å². The van der Waals surface area contributed by atoms with Crippen LogP contribution in [0.4, 0.5) is 0 Å². The molecule has 2 aromatic rings. The lowest BCUT2D eigenvalue weighted by Crippen LogP contribution is -2.19. The van der Waals surface area contributed by atoms with E-state index in [1.807, 2.05) is 24.3 Å². The van der Waals surface area contributed by atoms with E-state index in [0.29, 0.717) is 10.0 Å². The predicted octanol–water partition coefficient (Wildman–Crippen LogP) is 6.37. The molecule has 0 saturated heterocycles. The summed E-state index contributed by atoms with van der Waals surface area (Å²) in [7, 11) is 0. The van der Waals surface area contributed by atoms with E-state index in [9.17, 15) is 0 Å². The summed E-state index contributed by atoms with van der Waals surface area (Å²) in [5, 5.41) is 5.43. The quantitative estimate of drug-likeness (QED) is 0.665. The number of nitrogens with one attached hydrogen (secondary N) is 1. The van der Waals surface area contributed by atoms with Gasteiger partial charge in [-0.1, -0.05) is 53.9 Å². The van der Waals surface area contributed by atoms with Crippen LogP contribution in [-0.2, 0) is 0 Å². The largest absolute Gasteiger partial charge is 0.310 e. The van der Waals surface area contributed by atoms with Gasteiger partial charge >= 0.3 is 0 Å². The Morgan fingerprint density at radius 1 is 0.952 bits per heavy atom. The molecule has 0 radical (unpaired) electrons. The van der Waals surface area contributed by atoms with Crippen molar-refractivity contribution < 1.29 is 0 Å². The smallest absolute Gasteiger partial charge is 0.0459 e. The van der Waals surface area contributed by atoms with E-state index < -0.39 is 0 Å². The summed E-state index contributed by atoms with van der Waals surface area (Å²) in [6.45, 7) is 5.24. The Kier molecular flexibility index (Phi) is 5.95. The van der Waals surface area contributed by atoms with Crippen LogP contribution in [0.1, 0.15) is 31.9 Å². The number of rotatable bonds is 5. The minimum atomic E-state index is 0.231. The van der Waals surface area contributed by atoms with Gasteiger partial charge in [0.15, 0.2) is 0 Å². The third-order valence-corrected chi connectivity index (χ3v) is 4.13. The molecule has 1 unspecified atom stereocenters. The summed E-state index contributed by atoms with van der Waals surface area (Å²) in [6, 6.07) is 11.8. The first kappa shape index (κ1) is 16.6. The lowest BCUT2D eigenvalue weighted by molar-refractivity contribution is 0.571. The molecule has 4 heteroatoms. The van der Waals surface area contributed by atoms with Crippen LogP contribution in [0.15, 0.2) is 36.4 Å². The molecule has 2 aromatic carbocycles. The van der Waals surface area contributed by atoms with Crippen LogP contribution in [0.3, 0.4) is 0 Å². The van der Waals surface area contributed by atoms with Gasteiger partial charge in [-0.3, -0.25) is 0 Å². The zero-order valence-electron chi connectivity index (χ0n) is 12.1. The van der Waals surface area contributed by atoms with Crippen molar-refractivity contribution in [1.29, 1.82) is 0 Å². The maximum absolute atomic E-state index is 6.43. The van der Waals surface area contributed by atoms with E-state index in [4.69, 9.17) is 34.8 Å². The van der Waals surface area contributed by atoms with E-state index in [0.717, 1.165) is 34.7 Å². The van der Waals surface area contributed by atoms with Crippen molar-refractivity contribution in [2.45, 2.75) is 26.3 Å². The molecule has 112 valence electrons. The second-order valence-corrected chi connectivity index (χ2v) is 6.35. The van der Waals surface area contributed by atoms with Gasteiger partial charge in [0, 0.05) is 21.1 Å². The Labute approximate surface area is 141 Å². The fourth-order valence-corrected chi connectivity index (χ4v) is 3.12. The van der Waals surface area contributed by atoms with Crippen LogP contribution < -0.4 is 5.32 Å². The summed E-state index contributed by atoms with van der Waals surface area (Å²) >= 11 is 18.5. The molecule has 0 aliphatic rings. The summed E-state index contributed by atoms with van der Waals surface area (Å²) in [5.74, 6) is 0. The molecule has 0 spiro atoms. The molecule has 1 nitrogen and oxygen atoms in total. The SMILES string of the molecule is CCCNC(C)c1ccc(-c2cc(Cl)cc(Cl)c2)cc1Cl. The van der Waals surface area contributed by atoms with Gasteiger partial charge in [-0.25, -0.2) is 0 Å². The molecule has 0 bridgehead atoms. The Hall–Kier alpha value is -0.730. The van der Waals surface area contributed by atoms with Crippen molar-refractivity contribution in [3.05, 3.63) is 57.0 Å². The summed E-state index contributed by atoms with van der Waals surface area (Å²) < 4.78 is 0. The van der Waals surface area contributed by atoms with Gasteiger partial charge in [0.2, 0.25) is 0 Å². The Bertz CT molecular complexity index is 605. The highest BCUT2D eigenvalue weighted by atomic mass is 35.5. The fraction of sp³-hybridized carbons (Fsp3) is 0.294. The molecule has 0 aliphatic heterocycles. The topological polar surface area (TPSA) is 12.0 Å². The van der Waals surface area contributed by atoms with E-state index in [-0.39, 0.29) is 6.04 Å². The summed E-state index contributed by atoms with van der Waals surface area (Å²) in [4.78, 5) is 0. The standard InChI is InChI=1S/C17H18Cl3N/c1-3-6-21-11(2)16-5-4-12(9-17(16)20)13-7-14(18)10-15(19)8-13/h4-5,7-11,21H,3,6H2,1-2H3. The minimum absolute atomic E-state index is 0.231. The van der Waals surface area contributed by atoms with E-state index in [1.54, 1.807) is 6.07 Å². The normalized spacial score (nSPS) is 12.4. The van der Waals surface area contributed by atoms with Crippen molar-refractivity contribution in [2.24, 2.45) is 0 Å². The molecule has 1 N–H and O–H groups in total. The monoisotopic (exact) mass is 341 g/mol. The average Bonchev–Trinajstić information content (AvgIpc) is 2.43. The van der Waals surface area contributed by atoms with Crippen LogP contribution in [0, 0.1) is 0 Å². The molecule has 0 amide bonds. The van der Waals surface area contributed by atoms with Gasteiger partial charge in [0.25, 0.3) is 0 Å². The zero-order chi connectivity index (χ0) is 15.4. The van der Waals surface area contributed by atoms with Crippen LogP contribution in [-0.4, -0.2) is 6.54 Å². The first-order valence-corrected chi connectivity index (χ1v) is 8.14.